The number of hydrogen-bond acceptors (Lipinski definition) is 6. The minimum atomic E-state index is 0.421. The molecule has 0 bridgehead atoms. The van der Waals surface area contributed by atoms with Gasteiger partial charge in [0.05, 0.1) is 6.61 Å². The minimum Gasteiger partial charge on any atom is -0.494 e. The normalized spacial score (nSPS) is 10.5. The Balaban J connectivity index is 1.73. The summed E-state index contributed by atoms with van der Waals surface area (Å²) in [6.07, 6.45) is 3.61. The second-order valence-corrected chi connectivity index (χ2v) is 6.78. The summed E-state index contributed by atoms with van der Waals surface area (Å²) in [6, 6.07) is 13.3. The molecule has 146 valence electrons. The fourth-order valence-electron chi connectivity index (χ4n) is 2.57. The summed E-state index contributed by atoms with van der Waals surface area (Å²) in [5.74, 6) is 1.88. The quantitative estimate of drug-likeness (QED) is 0.423. The van der Waals surface area contributed by atoms with E-state index in [2.05, 4.69) is 27.5 Å². The first-order chi connectivity index (χ1) is 13.6. The molecule has 3 aromatic rings. The van der Waals surface area contributed by atoms with E-state index in [1.807, 2.05) is 49.4 Å². The van der Waals surface area contributed by atoms with Gasteiger partial charge in [0, 0.05) is 16.4 Å². The van der Waals surface area contributed by atoms with Crippen molar-refractivity contribution in [3.05, 3.63) is 59.4 Å². The average Bonchev–Trinajstić information content (AvgIpc) is 2.70. The van der Waals surface area contributed by atoms with Crippen LogP contribution in [0.15, 0.2) is 48.8 Å². The van der Waals surface area contributed by atoms with Crippen LogP contribution < -0.4 is 21.1 Å². The maximum Gasteiger partial charge on any atom is 0.159 e. The second kappa shape index (κ2) is 9.28. The van der Waals surface area contributed by atoms with Crippen LogP contribution in [0.2, 0.25) is 5.02 Å². The summed E-state index contributed by atoms with van der Waals surface area (Å²) in [4.78, 5) is 8.51. The molecule has 0 fully saturated rings. The smallest absolute Gasteiger partial charge is 0.159 e. The lowest BCUT2D eigenvalue weighted by Gasteiger charge is -2.14. The number of aromatic nitrogens is 2. The van der Waals surface area contributed by atoms with E-state index in [1.54, 1.807) is 0 Å². The first-order valence-corrected chi connectivity index (χ1v) is 9.58. The van der Waals surface area contributed by atoms with Crippen molar-refractivity contribution in [3.8, 4) is 5.75 Å². The van der Waals surface area contributed by atoms with Crippen LogP contribution >= 0.6 is 11.6 Å². The number of nitrogens with two attached hydrogens (primary N) is 1. The van der Waals surface area contributed by atoms with Gasteiger partial charge in [-0.05, 0) is 55.3 Å². The van der Waals surface area contributed by atoms with E-state index < -0.39 is 0 Å². The van der Waals surface area contributed by atoms with Gasteiger partial charge in [-0.15, -0.1) is 0 Å². The number of anilines is 5. The van der Waals surface area contributed by atoms with Crippen LogP contribution in [0.1, 0.15) is 25.3 Å². The van der Waals surface area contributed by atoms with Gasteiger partial charge in [0.25, 0.3) is 0 Å². The molecule has 0 aliphatic rings. The highest BCUT2D eigenvalue weighted by Gasteiger charge is 2.11. The zero-order valence-electron chi connectivity index (χ0n) is 16.0. The van der Waals surface area contributed by atoms with Gasteiger partial charge < -0.3 is 21.1 Å². The Morgan fingerprint density at radius 3 is 2.46 bits per heavy atom. The molecule has 1 aromatic heterocycles. The fourth-order valence-corrected chi connectivity index (χ4v) is 2.75. The van der Waals surface area contributed by atoms with Crippen molar-refractivity contribution in [1.29, 1.82) is 0 Å². The van der Waals surface area contributed by atoms with Gasteiger partial charge in [-0.25, -0.2) is 9.97 Å². The Labute approximate surface area is 170 Å². The van der Waals surface area contributed by atoms with Gasteiger partial charge in [-0.2, -0.15) is 0 Å². The molecule has 0 saturated carbocycles. The van der Waals surface area contributed by atoms with Crippen LogP contribution in [0.5, 0.6) is 5.75 Å². The maximum atomic E-state index is 6.27. The Morgan fingerprint density at radius 1 is 1.04 bits per heavy atom. The Hall–Kier alpha value is -2.99. The molecule has 0 radical (unpaired) electrons. The molecule has 4 N–H and O–H groups in total. The van der Waals surface area contributed by atoms with Crippen LogP contribution in [0.25, 0.3) is 0 Å². The van der Waals surface area contributed by atoms with Gasteiger partial charge in [0.15, 0.2) is 11.6 Å². The summed E-state index contributed by atoms with van der Waals surface area (Å²) in [5, 5.41) is 7.12. The SMILES string of the molecule is CCCCOc1ccc(Nc2ncnc(Nc3cccc(Cl)c3C)c2N)cc1. The van der Waals surface area contributed by atoms with Crippen molar-refractivity contribution < 1.29 is 4.74 Å². The highest BCUT2D eigenvalue weighted by atomic mass is 35.5. The predicted molar refractivity (Wildman–Crippen MR) is 116 cm³/mol. The number of ether oxygens (including phenoxy) is 1. The van der Waals surface area contributed by atoms with E-state index in [1.165, 1.54) is 6.33 Å². The van der Waals surface area contributed by atoms with Crippen LogP contribution in [0.4, 0.5) is 28.7 Å². The van der Waals surface area contributed by atoms with Crippen molar-refractivity contribution >= 4 is 40.3 Å². The predicted octanol–water partition coefficient (Wildman–Crippen LogP) is 5.69. The molecule has 0 amide bonds. The van der Waals surface area contributed by atoms with E-state index in [0.29, 0.717) is 22.3 Å². The largest absolute Gasteiger partial charge is 0.494 e. The molecular weight excluding hydrogens is 374 g/mol. The van der Waals surface area contributed by atoms with Gasteiger partial charge in [0.1, 0.15) is 17.8 Å². The van der Waals surface area contributed by atoms with Gasteiger partial charge in [-0.3, -0.25) is 0 Å². The number of nitrogens with one attached hydrogen (secondary N) is 2. The lowest BCUT2D eigenvalue weighted by Crippen LogP contribution is -2.06. The molecule has 0 aliphatic carbocycles. The number of nitrogens with zero attached hydrogens (tertiary/aromatic N) is 2. The topological polar surface area (TPSA) is 85.1 Å². The first-order valence-electron chi connectivity index (χ1n) is 9.21. The Morgan fingerprint density at radius 2 is 1.75 bits per heavy atom. The van der Waals surface area contributed by atoms with E-state index in [4.69, 9.17) is 22.1 Å². The molecule has 0 spiro atoms. The van der Waals surface area contributed by atoms with E-state index in [9.17, 15) is 0 Å². The molecule has 1 heterocycles. The maximum absolute atomic E-state index is 6.27. The molecule has 7 heteroatoms. The van der Waals surface area contributed by atoms with Crippen LogP contribution in [0, 0.1) is 6.92 Å². The van der Waals surface area contributed by atoms with Crippen LogP contribution in [-0.4, -0.2) is 16.6 Å². The Bertz CT molecular complexity index is 931. The molecule has 3 rings (SSSR count). The summed E-state index contributed by atoms with van der Waals surface area (Å²) in [5.41, 5.74) is 9.32. The molecular formula is C21H24ClN5O. The molecule has 6 nitrogen and oxygen atoms in total. The first kappa shape index (κ1) is 19.8. The highest BCUT2D eigenvalue weighted by molar-refractivity contribution is 6.31. The van der Waals surface area contributed by atoms with Gasteiger partial charge >= 0.3 is 0 Å². The van der Waals surface area contributed by atoms with E-state index in [0.717, 1.165) is 42.1 Å². The molecule has 0 unspecified atom stereocenters. The fraction of sp³-hybridized carbons (Fsp3) is 0.238. The lowest BCUT2D eigenvalue weighted by molar-refractivity contribution is 0.309. The lowest BCUT2D eigenvalue weighted by atomic mass is 10.2. The van der Waals surface area contributed by atoms with Crippen LogP contribution in [-0.2, 0) is 0 Å². The van der Waals surface area contributed by atoms with Crippen LogP contribution in [0.3, 0.4) is 0 Å². The third kappa shape index (κ3) is 4.84. The number of unbranched alkanes of at least 4 members (excludes halogenated alkanes) is 1. The Kier molecular flexibility index (Phi) is 6.55. The molecule has 2 aromatic carbocycles. The summed E-state index contributed by atoms with van der Waals surface area (Å²) >= 11 is 6.18. The summed E-state index contributed by atoms with van der Waals surface area (Å²) in [6.45, 7) is 4.80. The third-order valence-corrected chi connectivity index (χ3v) is 4.70. The molecule has 28 heavy (non-hydrogen) atoms. The standard InChI is InChI=1S/C21H24ClN5O/c1-3-4-12-28-16-10-8-15(9-11-16)26-20-19(23)21(25-13-24-20)27-18-7-5-6-17(22)14(18)2/h5-11,13H,3-4,12,23H2,1-2H3,(H2,24,25,26,27). The van der Waals surface area contributed by atoms with E-state index >= 15 is 0 Å². The van der Waals surface area contributed by atoms with Crippen molar-refractivity contribution in [2.75, 3.05) is 23.0 Å². The molecule has 0 saturated heterocycles. The van der Waals surface area contributed by atoms with E-state index in [-0.39, 0.29) is 0 Å². The van der Waals surface area contributed by atoms with Crippen molar-refractivity contribution in [2.24, 2.45) is 0 Å². The second-order valence-electron chi connectivity index (χ2n) is 6.37. The molecule has 0 aliphatic heterocycles. The zero-order valence-corrected chi connectivity index (χ0v) is 16.8. The summed E-state index contributed by atoms with van der Waals surface area (Å²) in [7, 11) is 0. The monoisotopic (exact) mass is 397 g/mol. The third-order valence-electron chi connectivity index (χ3n) is 4.29. The minimum absolute atomic E-state index is 0.421. The number of halogens is 1. The highest BCUT2D eigenvalue weighted by Crippen LogP contribution is 2.31. The number of benzene rings is 2. The number of rotatable bonds is 8. The number of nitrogen functional groups attached to an aromatic ring is 1. The van der Waals surface area contributed by atoms with Crippen molar-refractivity contribution in [1.82, 2.24) is 9.97 Å². The summed E-state index contributed by atoms with van der Waals surface area (Å²) < 4.78 is 5.68. The van der Waals surface area contributed by atoms with Crippen molar-refractivity contribution in [3.63, 3.8) is 0 Å². The molecule has 0 atom stereocenters. The average molecular weight is 398 g/mol. The van der Waals surface area contributed by atoms with Crippen molar-refractivity contribution in [2.45, 2.75) is 26.7 Å². The zero-order chi connectivity index (χ0) is 19.9. The van der Waals surface area contributed by atoms with Gasteiger partial charge in [-0.1, -0.05) is 31.0 Å². The van der Waals surface area contributed by atoms with Gasteiger partial charge in [0.2, 0.25) is 0 Å². The number of hydrogen-bond donors (Lipinski definition) is 3.